The minimum atomic E-state index is -0.540. The number of primary amides is 1. The fourth-order valence-corrected chi connectivity index (χ4v) is 4.67. The number of amides is 2. The second kappa shape index (κ2) is 8.41. The van der Waals surface area contributed by atoms with E-state index in [1.54, 1.807) is 6.08 Å². The van der Waals surface area contributed by atoms with Crippen molar-refractivity contribution in [2.75, 3.05) is 5.32 Å². The van der Waals surface area contributed by atoms with E-state index in [2.05, 4.69) is 19.2 Å². The smallest absolute Gasteiger partial charge is 0.266 e. The van der Waals surface area contributed by atoms with Crippen LogP contribution in [0, 0.1) is 11.3 Å². The van der Waals surface area contributed by atoms with Crippen molar-refractivity contribution < 1.29 is 9.59 Å². The van der Waals surface area contributed by atoms with Gasteiger partial charge in [0.15, 0.2) is 0 Å². The van der Waals surface area contributed by atoms with Crippen LogP contribution in [0.1, 0.15) is 64.5 Å². The molecule has 0 spiro atoms. The molecule has 1 aromatic heterocycles. The van der Waals surface area contributed by atoms with Crippen LogP contribution < -0.4 is 11.1 Å². The third-order valence-corrected chi connectivity index (χ3v) is 6.13. The summed E-state index contributed by atoms with van der Waals surface area (Å²) in [7, 11) is 0. The van der Waals surface area contributed by atoms with Gasteiger partial charge in [-0.2, -0.15) is 5.26 Å². The predicted octanol–water partition coefficient (Wildman–Crippen LogP) is 4.39. The predicted molar refractivity (Wildman–Crippen MR) is 112 cm³/mol. The van der Waals surface area contributed by atoms with Gasteiger partial charge in [0.1, 0.15) is 16.6 Å². The molecule has 0 bridgehead atoms. The summed E-state index contributed by atoms with van der Waals surface area (Å²) in [5.74, 6) is -0.660. The van der Waals surface area contributed by atoms with Gasteiger partial charge in [-0.3, -0.25) is 9.59 Å². The molecule has 2 amide bonds. The highest BCUT2D eigenvalue weighted by Gasteiger charge is 2.25. The zero-order chi connectivity index (χ0) is 20.3. The van der Waals surface area contributed by atoms with Crippen molar-refractivity contribution in [1.82, 2.24) is 0 Å². The number of carbonyl (C=O) groups is 2. The number of fused-ring (bicyclic) bond motifs is 1. The third kappa shape index (κ3) is 4.15. The number of benzene rings is 1. The number of nitrogens with one attached hydrogen (secondary N) is 1. The van der Waals surface area contributed by atoms with Gasteiger partial charge in [0.05, 0.1) is 5.56 Å². The Balaban J connectivity index is 1.86. The van der Waals surface area contributed by atoms with Crippen molar-refractivity contribution in [2.45, 2.75) is 45.4 Å². The molecule has 5 nitrogen and oxygen atoms in total. The monoisotopic (exact) mass is 393 g/mol. The van der Waals surface area contributed by atoms with E-state index < -0.39 is 11.8 Å². The summed E-state index contributed by atoms with van der Waals surface area (Å²) >= 11 is 1.39. The summed E-state index contributed by atoms with van der Waals surface area (Å²) in [6.07, 6.45) is 5.31. The van der Waals surface area contributed by atoms with E-state index in [0.29, 0.717) is 16.5 Å². The number of nitriles is 1. The standard InChI is InChI=1S/C22H23N3O2S/c1-13(2)15-9-7-14(8-10-15)11-16(12-23)21(27)25-22-19(20(24)26)17-5-3-4-6-18(17)28-22/h7-11,13H,3-6H2,1-2H3,(H2,24,26)(H,25,27)/b16-11+. The van der Waals surface area contributed by atoms with Crippen LogP contribution in [0.3, 0.4) is 0 Å². The van der Waals surface area contributed by atoms with Crippen LogP contribution in [-0.4, -0.2) is 11.8 Å². The first-order valence-corrected chi connectivity index (χ1v) is 10.2. The Kier molecular flexibility index (Phi) is 5.96. The molecule has 1 heterocycles. The summed E-state index contributed by atoms with van der Waals surface area (Å²) in [6.45, 7) is 4.21. The van der Waals surface area contributed by atoms with E-state index in [4.69, 9.17) is 5.73 Å². The van der Waals surface area contributed by atoms with Gasteiger partial charge in [-0.15, -0.1) is 11.3 Å². The lowest BCUT2D eigenvalue weighted by atomic mass is 9.95. The molecule has 2 aromatic rings. The average molecular weight is 394 g/mol. The van der Waals surface area contributed by atoms with E-state index >= 15 is 0 Å². The molecule has 1 aliphatic rings. The molecule has 0 saturated carbocycles. The van der Waals surface area contributed by atoms with Crippen LogP contribution in [0.15, 0.2) is 29.8 Å². The van der Waals surface area contributed by atoms with Crippen molar-refractivity contribution in [1.29, 1.82) is 5.26 Å². The third-order valence-electron chi connectivity index (χ3n) is 4.92. The van der Waals surface area contributed by atoms with E-state index in [-0.39, 0.29) is 5.57 Å². The van der Waals surface area contributed by atoms with Gasteiger partial charge < -0.3 is 11.1 Å². The summed E-state index contributed by atoms with van der Waals surface area (Å²) in [5, 5.41) is 12.6. The molecule has 3 N–H and O–H groups in total. The van der Waals surface area contributed by atoms with E-state index in [9.17, 15) is 14.9 Å². The molecule has 6 heteroatoms. The molecule has 0 saturated heterocycles. The Morgan fingerprint density at radius 1 is 1.21 bits per heavy atom. The Morgan fingerprint density at radius 3 is 2.50 bits per heavy atom. The molecule has 3 rings (SSSR count). The van der Waals surface area contributed by atoms with E-state index in [0.717, 1.165) is 41.7 Å². The molecule has 0 radical (unpaired) electrons. The molecule has 0 unspecified atom stereocenters. The molecule has 28 heavy (non-hydrogen) atoms. The molecule has 0 aliphatic heterocycles. The minimum absolute atomic E-state index is 0.0147. The highest BCUT2D eigenvalue weighted by Crippen LogP contribution is 2.38. The van der Waals surface area contributed by atoms with Crippen LogP contribution in [0.5, 0.6) is 0 Å². The topological polar surface area (TPSA) is 96.0 Å². The summed E-state index contributed by atoms with van der Waals surface area (Å²) in [4.78, 5) is 25.7. The number of carbonyl (C=O) groups excluding carboxylic acids is 2. The summed E-state index contributed by atoms with van der Waals surface area (Å²) < 4.78 is 0. The lowest BCUT2D eigenvalue weighted by Gasteiger charge is -2.11. The van der Waals surface area contributed by atoms with Gasteiger partial charge in [-0.05, 0) is 54.4 Å². The first-order valence-electron chi connectivity index (χ1n) is 9.38. The molecule has 1 aliphatic carbocycles. The number of thiophene rings is 1. The van der Waals surface area contributed by atoms with Crippen LogP contribution in [0.4, 0.5) is 5.00 Å². The highest BCUT2D eigenvalue weighted by atomic mass is 32.1. The lowest BCUT2D eigenvalue weighted by Crippen LogP contribution is -2.19. The van der Waals surface area contributed by atoms with Gasteiger partial charge in [0, 0.05) is 4.88 Å². The second-order valence-electron chi connectivity index (χ2n) is 7.22. The average Bonchev–Trinajstić information content (AvgIpc) is 3.04. The summed E-state index contributed by atoms with van der Waals surface area (Å²) in [6, 6.07) is 9.71. The number of hydrogen-bond acceptors (Lipinski definition) is 4. The SMILES string of the molecule is CC(C)c1ccc(/C=C(\C#N)C(=O)Nc2sc3c(c2C(N)=O)CCCC3)cc1. The molecular weight excluding hydrogens is 370 g/mol. The van der Waals surface area contributed by atoms with Crippen LogP contribution >= 0.6 is 11.3 Å². The number of nitrogens with two attached hydrogens (primary N) is 1. The van der Waals surface area contributed by atoms with Crippen molar-refractivity contribution in [3.8, 4) is 6.07 Å². The Labute approximate surface area is 168 Å². The van der Waals surface area contributed by atoms with Crippen LogP contribution in [0.2, 0.25) is 0 Å². The minimum Gasteiger partial charge on any atom is -0.365 e. The number of anilines is 1. The maximum atomic E-state index is 12.7. The van der Waals surface area contributed by atoms with Gasteiger partial charge >= 0.3 is 0 Å². The zero-order valence-electron chi connectivity index (χ0n) is 16.0. The van der Waals surface area contributed by atoms with Crippen molar-refractivity contribution in [3.05, 3.63) is 57.0 Å². The second-order valence-corrected chi connectivity index (χ2v) is 8.33. The number of aryl methyl sites for hydroxylation is 1. The fraction of sp³-hybridized carbons (Fsp3) is 0.318. The molecule has 0 fully saturated rings. The van der Waals surface area contributed by atoms with Gasteiger partial charge in [0.2, 0.25) is 0 Å². The first-order chi connectivity index (χ1) is 13.4. The van der Waals surface area contributed by atoms with E-state index in [1.165, 1.54) is 16.9 Å². The lowest BCUT2D eigenvalue weighted by molar-refractivity contribution is -0.112. The van der Waals surface area contributed by atoms with Crippen molar-refractivity contribution in [2.24, 2.45) is 5.73 Å². The molecule has 144 valence electrons. The largest absolute Gasteiger partial charge is 0.365 e. The van der Waals surface area contributed by atoms with E-state index in [1.807, 2.05) is 30.3 Å². The molecule has 0 atom stereocenters. The number of nitrogens with zero attached hydrogens (tertiary/aromatic N) is 1. The fourth-order valence-electron chi connectivity index (χ4n) is 3.38. The van der Waals surface area contributed by atoms with Gasteiger partial charge in [-0.1, -0.05) is 38.1 Å². The first kappa shape index (κ1) is 19.8. The highest BCUT2D eigenvalue weighted by molar-refractivity contribution is 7.17. The maximum Gasteiger partial charge on any atom is 0.266 e. The van der Waals surface area contributed by atoms with Gasteiger partial charge in [-0.25, -0.2) is 0 Å². The Bertz CT molecular complexity index is 978. The van der Waals surface area contributed by atoms with Crippen molar-refractivity contribution >= 4 is 34.2 Å². The number of rotatable bonds is 5. The Hall–Kier alpha value is -2.91. The maximum absolute atomic E-state index is 12.7. The zero-order valence-corrected chi connectivity index (χ0v) is 16.9. The quantitative estimate of drug-likeness (QED) is 0.582. The summed E-state index contributed by atoms with van der Waals surface area (Å²) in [5.41, 5.74) is 8.86. The Morgan fingerprint density at radius 2 is 1.89 bits per heavy atom. The van der Waals surface area contributed by atoms with Crippen molar-refractivity contribution in [3.63, 3.8) is 0 Å². The normalized spacial score (nSPS) is 13.7. The van der Waals surface area contributed by atoms with Crippen LogP contribution in [0.25, 0.3) is 6.08 Å². The van der Waals surface area contributed by atoms with Crippen LogP contribution in [-0.2, 0) is 17.6 Å². The van der Waals surface area contributed by atoms with Gasteiger partial charge in [0.25, 0.3) is 11.8 Å². The molecule has 1 aromatic carbocycles. The number of hydrogen-bond donors (Lipinski definition) is 2. The molecular formula is C22H23N3O2S.